The number of hydrogen-bond acceptors (Lipinski definition) is 7. The van der Waals surface area contributed by atoms with Gasteiger partial charge in [0.15, 0.2) is 0 Å². The summed E-state index contributed by atoms with van der Waals surface area (Å²) in [4.78, 5) is 17.9. The van der Waals surface area contributed by atoms with Gasteiger partial charge in [0.2, 0.25) is 0 Å². The molecule has 3 aromatic carbocycles. The Hall–Kier alpha value is -2.59. The highest BCUT2D eigenvalue weighted by Crippen LogP contribution is 2.37. The molecule has 41 heavy (non-hydrogen) atoms. The molecule has 0 unspecified atom stereocenters. The van der Waals surface area contributed by atoms with Gasteiger partial charge in [-0.2, -0.15) is 0 Å². The monoisotopic (exact) mass is 628 g/mol. The summed E-state index contributed by atoms with van der Waals surface area (Å²) in [5, 5.41) is 1.12. The van der Waals surface area contributed by atoms with E-state index in [4.69, 9.17) is 49.6 Å². The number of morpholine rings is 1. The molecule has 0 radical (unpaired) electrons. The number of hydrogen-bond donors (Lipinski definition) is 0. The molecule has 6 nitrogen and oxygen atoms in total. The Labute approximate surface area is 260 Å². The van der Waals surface area contributed by atoms with Gasteiger partial charge in [0.1, 0.15) is 22.4 Å². The molecule has 2 aliphatic heterocycles. The van der Waals surface area contributed by atoms with E-state index in [2.05, 4.69) is 4.90 Å². The van der Waals surface area contributed by atoms with Crippen LogP contribution in [0, 0.1) is 0 Å². The molecule has 10 heteroatoms. The van der Waals surface area contributed by atoms with Gasteiger partial charge < -0.3 is 14.2 Å². The minimum atomic E-state index is -0.117. The fourth-order valence-electron chi connectivity index (χ4n) is 4.56. The summed E-state index contributed by atoms with van der Waals surface area (Å²) in [6.07, 6.45) is 2.52. The van der Waals surface area contributed by atoms with E-state index in [0.29, 0.717) is 51.2 Å². The van der Waals surface area contributed by atoms with E-state index in [-0.39, 0.29) is 5.91 Å². The highest BCUT2D eigenvalue weighted by atomic mass is 35.5. The molecule has 0 bridgehead atoms. The van der Waals surface area contributed by atoms with Gasteiger partial charge in [-0.1, -0.05) is 77.5 Å². The van der Waals surface area contributed by atoms with E-state index in [1.54, 1.807) is 11.0 Å². The normalized spacial score (nSPS) is 16.9. The fourth-order valence-corrected chi connectivity index (χ4v) is 6.37. The summed E-state index contributed by atoms with van der Waals surface area (Å²) >= 11 is 19.5. The smallest absolute Gasteiger partial charge is 0.266 e. The van der Waals surface area contributed by atoms with Crippen LogP contribution in [-0.2, 0) is 9.53 Å². The standard InChI is InChI=1S/C31H30Cl2N2O4S2/c32-24-8-9-26(27(33)21-24)22-7-10-28(39-18-14-34-12-16-37-17-13-34)23(19-22)20-29-30(36)35(31(40)41-29)11-4-15-38-25-5-2-1-3-6-25/h1-3,5-10,19-21H,4,11-18H2. The van der Waals surface area contributed by atoms with Crippen molar-refractivity contribution in [3.63, 3.8) is 0 Å². The number of benzene rings is 3. The molecule has 0 aromatic heterocycles. The largest absolute Gasteiger partial charge is 0.494 e. The summed E-state index contributed by atoms with van der Waals surface area (Å²) in [7, 11) is 0. The molecule has 1 amide bonds. The first kappa shape index (κ1) is 29.9. The molecular weight excluding hydrogens is 599 g/mol. The zero-order valence-corrected chi connectivity index (χ0v) is 25.5. The van der Waals surface area contributed by atoms with E-state index in [9.17, 15) is 4.79 Å². The Bertz CT molecular complexity index is 1410. The minimum absolute atomic E-state index is 0.117. The molecule has 2 aliphatic rings. The van der Waals surface area contributed by atoms with Crippen LogP contribution in [0.2, 0.25) is 10.0 Å². The number of para-hydroxylation sites is 1. The zero-order chi connectivity index (χ0) is 28.6. The lowest BCUT2D eigenvalue weighted by atomic mass is 10.0. The second-order valence-corrected chi connectivity index (χ2v) is 12.0. The number of carbonyl (C=O) groups is 1. The maximum atomic E-state index is 13.4. The highest BCUT2D eigenvalue weighted by Gasteiger charge is 2.32. The van der Waals surface area contributed by atoms with Crippen LogP contribution in [-0.4, -0.2) is 72.6 Å². The van der Waals surface area contributed by atoms with Crippen molar-refractivity contribution in [1.82, 2.24) is 9.80 Å². The minimum Gasteiger partial charge on any atom is -0.494 e. The average Bonchev–Trinajstić information content (AvgIpc) is 3.24. The molecule has 0 spiro atoms. The van der Waals surface area contributed by atoms with Gasteiger partial charge in [0.25, 0.3) is 5.91 Å². The van der Waals surface area contributed by atoms with Gasteiger partial charge >= 0.3 is 0 Å². The lowest BCUT2D eigenvalue weighted by Crippen LogP contribution is -2.38. The van der Waals surface area contributed by atoms with Crippen LogP contribution in [0.4, 0.5) is 0 Å². The maximum Gasteiger partial charge on any atom is 0.266 e. The lowest BCUT2D eigenvalue weighted by molar-refractivity contribution is -0.122. The molecular formula is C31H30Cl2N2O4S2. The number of halogens is 2. The van der Waals surface area contributed by atoms with E-state index >= 15 is 0 Å². The predicted molar refractivity (Wildman–Crippen MR) is 171 cm³/mol. The van der Waals surface area contributed by atoms with Crippen LogP contribution in [0.3, 0.4) is 0 Å². The molecule has 2 saturated heterocycles. The molecule has 3 aromatic rings. The van der Waals surface area contributed by atoms with Crippen LogP contribution in [0.1, 0.15) is 12.0 Å². The van der Waals surface area contributed by atoms with Gasteiger partial charge in [0.05, 0.1) is 24.7 Å². The first-order valence-electron chi connectivity index (χ1n) is 13.4. The third kappa shape index (κ3) is 8.03. The third-order valence-electron chi connectivity index (χ3n) is 6.72. The Morgan fingerprint density at radius 1 is 0.951 bits per heavy atom. The number of nitrogens with zero attached hydrogens (tertiary/aromatic N) is 2. The van der Waals surface area contributed by atoms with E-state index in [1.165, 1.54) is 11.8 Å². The average molecular weight is 630 g/mol. The zero-order valence-electron chi connectivity index (χ0n) is 22.4. The first-order chi connectivity index (χ1) is 20.0. The summed E-state index contributed by atoms with van der Waals surface area (Å²) in [5.41, 5.74) is 2.52. The molecule has 0 aliphatic carbocycles. The molecule has 2 heterocycles. The van der Waals surface area contributed by atoms with Crippen LogP contribution in [0.15, 0.2) is 71.6 Å². The van der Waals surface area contributed by atoms with Crippen LogP contribution in [0.5, 0.6) is 11.5 Å². The van der Waals surface area contributed by atoms with Gasteiger partial charge in [0, 0.05) is 47.4 Å². The summed E-state index contributed by atoms with van der Waals surface area (Å²) in [6, 6.07) is 20.9. The first-order valence-corrected chi connectivity index (χ1v) is 15.4. The Kier molecular flexibility index (Phi) is 10.6. The Balaban J connectivity index is 1.32. The molecule has 0 saturated carbocycles. The van der Waals surface area contributed by atoms with Crippen molar-refractivity contribution in [2.45, 2.75) is 6.42 Å². The van der Waals surface area contributed by atoms with Crippen molar-refractivity contribution < 1.29 is 19.0 Å². The van der Waals surface area contributed by atoms with Crippen molar-refractivity contribution in [3.05, 3.63) is 87.2 Å². The van der Waals surface area contributed by atoms with Crippen molar-refractivity contribution >= 4 is 63.5 Å². The van der Waals surface area contributed by atoms with Gasteiger partial charge in [-0.3, -0.25) is 14.6 Å². The second-order valence-electron chi connectivity index (χ2n) is 9.53. The van der Waals surface area contributed by atoms with E-state index in [1.807, 2.05) is 66.7 Å². The van der Waals surface area contributed by atoms with Crippen molar-refractivity contribution in [2.24, 2.45) is 0 Å². The van der Waals surface area contributed by atoms with Gasteiger partial charge in [-0.05, 0) is 54.5 Å². The van der Waals surface area contributed by atoms with Gasteiger partial charge in [-0.15, -0.1) is 0 Å². The van der Waals surface area contributed by atoms with Crippen molar-refractivity contribution in [3.8, 4) is 22.6 Å². The van der Waals surface area contributed by atoms with Crippen molar-refractivity contribution in [1.29, 1.82) is 0 Å². The number of thioether (sulfide) groups is 1. The number of ether oxygens (including phenoxy) is 3. The molecule has 0 atom stereocenters. The highest BCUT2D eigenvalue weighted by molar-refractivity contribution is 8.26. The lowest BCUT2D eigenvalue weighted by Gasteiger charge is -2.26. The number of thiocarbonyl (C=S) groups is 1. The molecule has 0 N–H and O–H groups in total. The second kappa shape index (κ2) is 14.5. The van der Waals surface area contributed by atoms with Crippen LogP contribution < -0.4 is 9.47 Å². The van der Waals surface area contributed by atoms with E-state index < -0.39 is 0 Å². The fraction of sp³-hybridized carbons (Fsp3) is 0.290. The van der Waals surface area contributed by atoms with Crippen molar-refractivity contribution in [2.75, 3.05) is 52.6 Å². The third-order valence-corrected chi connectivity index (χ3v) is 8.64. The summed E-state index contributed by atoms with van der Waals surface area (Å²) < 4.78 is 18.0. The quantitative estimate of drug-likeness (QED) is 0.128. The van der Waals surface area contributed by atoms with E-state index in [0.717, 1.165) is 55.3 Å². The SMILES string of the molecule is O=C1C(=Cc2cc(-c3ccc(Cl)cc3Cl)ccc2OCCN2CCOCC2)SC(=S)N1CCCOc1ccccc1. The Morgan fingerprint density at radius 2 is 1.76 bits per heavy atom. The molecule has 5 rings (SSSR count). The number of amides is 1. The number of carbonyl (C=O) groups excluding carboxylic acids is 1. The van der Waals surface area contributed by atoms with Gasteiger partial charge in [-0.25, -0.2) is 0 Å². The van der Waals surface area contributed by atoms with Crippen LogP contribution in [0.25, 0.3) is 17.2 Å². The predicted octanol–water partition coefficient (Wildman–Crippen LogP) is 7.04. The summed E-state index contributed by atoms with van der Waals surface area (Å²) in [5.74, 6) is 1.38. The molecule has 2 fully saturated rings. The summed E-state index contributed by atoms with van der Waals surface area (Å²) in [6.45, 7) is 5.55. The molecule has 214 valence electrons. The van der Waals surface area contributed by atoms with Crippen LogP contribution >= 0.6 is 47.2 Å². The maximum absolute atomic E-state index is 13.4. The number of rotatable bonds is 11. The Morgan fingerprint density at radius 3 is 2.54 bits per heavy atom. The topological polar surface area (TPSA) is 51.2 Å².